The van der Waals surface area contributed by atoms with Gasteiger partial charge in [-0.3, -0.25) is 0 Å². The van der Waals surface area contributed by atoms with Crippen LogP contribution in [-0.4, -0.2) is 28.2 Å². The molecule has 1 aliphatic heterocycles. The minimum absolute atomic E-state index is 0.303. The molecule has 0 amide bonds. The van der Waals surface area contributed by atoms with Gasteiger partial charge in [0.15, 0.2) is 5.79 Å². The topological polar surface area (TPSA) is 49.7 Å². The first-order chi connectivity index (χ1) is 6.47. The second kappa shape index (κ2) is 4.43. The molecule has 14 heavy (non-hydrogen) atoms. The van der Waals surface area contributed by atoms with Crippen molar-refractivity contribution >= 4 is 0 Å². The van der Waals surface area contributed by atoms with Gasteiger partial charge in [0, 0.05) is 12.8 Å². The molecule has 3 heteroatoms. The Hall–Kier alpha value is -0.380. The third-order valence-corrected chi connectivity index (χ3v) is 2.61. The van der Waals surface area contributed by atoms with Gasteiger partial charge in [0.2, 0.25) is 0 Å². The number of aliphatic hydroxyl groups is 2. The molecule has 82 valence electrons. The monoisotopic (exact) mass is 200 g/mol. The van der Waals surface area contributed by atoms with Crippen molar-refractivity contribution in [2.24, 2.45) is 0 Å². The zero-order valence-corrected chi connectivity index (χ0v) is 8.99. The Labute approximate surface area is 85.4 Å². The van der Waals surface area contributed by atoms with Crippen molar-refractivity contribution in [1.82, 2.24) is 0 Å². The van der Waals surface area contributed by atoms with Crippen LogP contribution in [0, 0.1) is 0 Å². The van der Waals surface area contributed by atoms with Crippen LogP contribution in [-0.2, 0) is 4.74 Å². The molecular weight excluding hydrogens is 180 g/mol. The van der Waals surface area contributed by atoms with Crippen LogP contribution in [0.2, 0.25) is 0 Å². The summed E-state index contributed by atoms with van der Waals surface area (Å²) in [4.78, 5) is 0. The van der Waals surface area contributed by atoms with Crippen LogP contribution < -0.4 is 0 Å². The highest BCUT2D eigenvalue weighted by molar-refractivity contribution is 4.88. The standard InChI is InChI=1S/C11H20O3/c1-3-4-5-6-11(13)9-10(2,12)7-8-14-11/h3-4,12-13H,5-9H2,1-2H3/b4-3+/t10-,11+/m1/s1. The van der Waals surface area contributed by atoms with Crippen molar-refractivity contribution in [1.29, 1.82) is 0 Å². The van der Waals surface area contributed by atoms with Gasteiger partial charge in [-0.25, -0.2) is 0 Å². The second-order valence-electron chi connectivity index (χ2n) is 4.33. The van der Waals surface area contributed by atoms with Crippen molar-refractivity contribution in [2.75, 3.05) is 6.61 Å². The predicted molar refractivity (Wildman–Crippen MR) is 54.8 cm³/mol. The van der Waals surface area contributed by atoms with E-state index in [2.05, 4.69) is 0 Å². The molecule has 0 unspecified atom stereocenters. The van der Waals surface area contributed by atoms with Gasteiger partial charge < -0.3 is 14.9 Å². The average molecular weight is 200 g/mol. The Morgan fingerprint density at radius 3 is 2.71 bits per heavy atom. The molecule has 0 radical (unpaired) electrons. The lowest BCUT2D eigenvalue weighted by molar-refractivity contribution is -0.264. The summed E-state index contributed by atoms with van der Waals surface area (Å²) in [6.07, 6.45) is 6.17. The van der Waals surface area contributed by atoms with Crippen LogP contribution in [0.1, 0.15) is 39.5 Å². The van der Waals surface area contributed by atoms with Crippen molar-refractivity contribution in [3.8, 4) is 0 Å². The third kappa shape index (κ3) is 3.40. The summed E-state index contributed by atoms with van der Waals surface area (Å²) in [7, 11) is 0. The highest BCUT2D eigenvalue weighted by atomic mass is 16.6. The van der Waals surface area contributed by atoms with Gasteiger partial charge in [-0.2, -0.15) is 0 Å². The predicted octanol–water partition coefficient (Wildman–Crippen LogP) is 1.59. The largest absolute Gasteiger partial charge is 0.390 e. The lowest BCUT2D eigenvalue weighted by Gasteiger charge is -2.40. The van der Waals surface area contributed by atoms with Crippen LogP contribution in [0.3, 0.4) is 0 Å². The number of hydrogen-bond acceptors (Lipinski definition) is 3. The SMILES string of the molecule is C/C=C/CC[C@@]1(O)C[C@](C)(O)CCO1. The Balaban J connectivity index is 2.47. The first-order valence-electron chi connectivity index (χ1n) is 5.17. The first kappa shape index (κ1) is 11.7. The number of rotatable bonds is 3. The Morgan fingerprint density at radius 2 is 2.14 bits per heavy atom. The van der Waals surface area contributed by atoms with Crippen LogP contribution in [0.5, 0.6) is 0 Å². The van der Waals surface area contributed by atoms with E-state index in [1.807, 2.05) is 19.1 Å². The summed E-state index contributed by atoms with van der Waals surface area (Å²) in [6.45, 7) is 4.12. The van der Waals surface area contributed by atoms with Gasteiger partial charge in [0.1, 0.15) is 0 Å². The van der Waals surface area contributed by atoms with Gasteiger partial charge in [-0.05, 0) is 26.7 Å². The molecule has 0 aliphatic carbocycles. The molecule has 0 bridgehead atoms. The quantitative estimate of drug-likeness (QED) is 0.680. The maximum Gasteiger partial charge on any atom is 0.168 e. The molecule has 1 heterocycles. The van der Waals surface area contributed by atoms with Crippen LogP contribution in [0.15, 0.2) is 12.2 Å². The van der Waals surface area contributed by atoms with Gasteiger partial charge in [-0.15, -0.1) is 0 Å². The van der Waals surface area contributed by atoms with Crippen LogP contribution >= 0.6 is 0 Å². The number of allylic oxidation sites excluding steroid dienone is 2. The van der Waals surface area contributed by atoms with E-state index in [0.717, 1.165) is 6.42 Å². The molecule has 0 saturated carbocycles. The Morgan fingerprint density at radius 1 is 1.43 bits per heavy atom. The summed E-state index contributed by atoms with van der Waals surface area (Å²) >= 11 is 0. The Bertz CT molecular complexity index is 211. The van der Waals surface area contributed by atoms with E-state index in [0.29, 0.717) is 25.9 Å². The van der Waals surface area contributed by atoms with E-state index >= 15 is 0 Å². The minimum atomic E-state index is -1.14. The lowest BCUT2D eigenvalue weighted by atomic mass is 9.88. The highest BCUT2D eigenvalue weighted by Crippen LogP contribution is 2.33. The second-order valence-corrected chi connectivity index (χ2v) is 4.33. The van der Waals surface area contributed by atoms with E-state index in [-0.39, 0.29) is 0 Å². The fourth-order valence-electron chi connectivity index (χ4n) is 1.83. The molecule has 0 aromatic carbocycles. The summed E-state index contributed by atoms with van der Waals surface area (Å²) in [5.74, 6) is -1.14. The molecular formula is C11H20O3. The minimum Gasteiger partial charge on any atom is -0.390 e. The number of ether oxygens (including phenoxy) is 1. The summed E-state index contributed by atoms with van der Waals surface area (Å²) < 4.78 is 5.31. The summed E-state index contributed by atoms with van der Waals surface area (Å²) in [5, 5.41) is 19.8. The van der Waals surface area contributed by atoms with Gasteiger partial charge in [-0.1, -0.05) is 12.2 Å². The third-order valence-electron chi connectivity index (χ3n) is 2.61. The summed E-state index contributed by atoms with van der Waals surface area (Å²) in [6, 6.07) is 0. The Kier molecular flexibility index (Phi) is 3.70. The molecule has 3 nitrogen and oxygen atoms in total. The molecule has 1 aliphatic rings. The van der Waals surface area contributed by atoms with E-state index in [1.165, 1.54) is 0 Å². The number of hydrogen-bond donors (Lipinski definition) is 2. The molecule has 0 spiro atoms. The van der Waals surface area contributed by atoms with E-state index in [4.69, 9.17) is 4.74 Å². The van der Waals surface area contributed by atoms with Gasteiger partial charge in [0.25, 0.3) is 0 Å². The van der Waals surface area contributed by atoms with Crippen molar-refractivity contribution in [3.05, 3.63) is 12.2 Å². The van der Waals surface area contributed by atoms with E-state index < -0.39 is 11.4 Å². The smallest absolute Gasteiger partial charge is 0.168 e. The van der Waals surface area contributed by atoms with E-state index in [1.54, 1.807) is 6.92 Å². The highest BCUT2D eigenvalue weighted by Gasteiger charge is 2.40. The first-order valence-corrected chi connectivity index (χ1v) is 5.17. The summed E-state index contributed by atoms with van der Waals surface area (Å²) in [5.41, 5.74) is -0.789. The zero-order chi connectivity index (χ0) is 10.7. The van der Waals surface area contributed by atoms with Gasteiger partial charge >= 0.3 is 0 Å². The van der Waals surface area contributed by atoms with Crippen molar-refractivity contribution < 1.29 is 14.9 Å². The van der Waals surface area contributed by atoms with Crippen molar-refractivity contribution in [3.63, 3.8) is 0 Å². The maximum atomic E-state index is 10.0. The lowest BCUT2D eigenvalue weighted by Crippen LogP contribution is -2.47. The molecule has 2 atom stereocenters. The normalized spacial score (nSPS) is 39.1. The maximum absolute atomic E-state index is 10.0. The molecule has 0 aromatic rings. The van der Waals surface area contributed by atoms with E-state index in [9.17, 15) is 10.2 Å². The fraction of sp³-hybridized carbons (Fsp3) is 0.818. The zero-order valence-electron chi connectivity index (χ0n) is 8.99. The molecule has 2 N–H and O–H groups in total. The fourth-order valence-corrected chi connectivity index (χ4v) is 1.83. The molecule has 1 saturated heterocycles. The molecule has 1 fully saturated rings. The molecule has 0 aromatic heterocycles. The van der Waals surface area contributed by atoms with Crippen molar-refractivity contribution in [2.45, 2.75) is 50.9 Å². The molecule has 1 rings (SSSR count). The van der Waals surface area contributed by atoms with Crippen LogP contribution in [0.25, 0.3) is 0 Å². The van der Waals surface area contributed by atoms with Gasteiger partial charge in [0.05, 0.1) is 12.2 Å². The van der Waals surface area contributed by atoms with Crippen LogP contribution in [0.4, 0.5) is 0 Å². The average Bonchev–Trinajstić information content (AvgIpc) is 2.01.